The normalized spacial score (nSPS) is 10.9. The zero-order chi connectivity index (χ0) is 19.2. The summed E-state index contributed by atoms with van der Waals surface area (Å²) in [5, 5.41) is 8.78. The third kappa shape index (κ3) is 5.77. The van der Waals surface area contributed by atoms with Gasteiger partial charge in [0.15, 0.2) is 11.9 Å². The Labute approximate surface area is 147 Å². The molecule has 0 saturated carbocycles. The van der Waals surface area contributed by atoms with Crippen molar-refractivity contribution in [3.8, 4) is 5.75 Å². The minimum absolute atomic E-state index is 0.0378. The average molecular weight is 351 g/mol. The van der Waals surface area contributed by atoms with E-state index in [1.54, 1.807) is 44.9 Å². The lowest BCUT2D eigenvalue weighted by Gasteiger charge is -2.27. The van der Waals surface area contributed by atoms with Crippen LogP contribution in [0, 0.1) is 6.92 Å². The highest BCUT2D eigenvalue weighted by atomic mass is 16.5. The first-order chi connectivity index (χ1) is 11.6. The molecular weight excluding hydrogens is 326 g/mol. The van der Waals surface area contributed by atoms with Gasteiger partial charge < -0.3 is 19.5 Å². The fourth-order valence-corrected chi connectivity index (χ4v) is 2.28. The highest BCUT2D eigenvalue weighted by Gasteiger charge is 2.23. The number of anilines is 1. The van der Waals surface area contributed by atoms with Crippen molar-refractivity contribution >= 4 is 23.9 Å². The van der Waals surface area contributed by atoms with E-state index in [0.717, 1.165) is 0 Å². The van der Waals surface area contributed by atoms with Crippen molar-refractivity contribution in [1.29, 1.82) is 0 Å². The molecule has 7 heteroatoms. The van der Waals surface area contributed by atoms with Crippen molar-refractivity contribution in [3.63, 3.8) is 0 Å². The molecule has 0 aliphatic heterocycles. The van der Waals surface area contributed by atoms with E-state index in [-0.39, 0.29) is 6.42 Å². The smallest absolute Gasteiger partial charge is 0.338 e. The number of aliphatic carboxylic acids is 1. The number of nitrogens with zero attached hydrogens (tertiary/aromatic N) is 1. The Hall–Kier alpha value is -2.57. The van der Waals surface area contributed by atoms with Crippen molar-refractivity contribution < 1.29 is 29.0 Å². The molecule has 0 aliphatic carbocycles. The van der Waals surface area contributed by atoms with Gasteiger partial charge >= 0.3 is 11.9 Å². The van der Waals surface area contributed by atoms with Gasteiger partial charge in [-0.15, -0.1) is 0 Å². The number of aldehydes is 1. The van der Waals surface area contributed by atoms with E-state index >= 15 is 0 Å². The first kappa shape index (κ1) is 20.5. The van der Waals surface area contributed by atoms with Crippen LogP contribution in [0.25, 0.3) is 0 Å². The summed E-state index contributed by atoms with van der Waals surface area (Å²) in [6, 6.07) is 3.32. The number of hydrogen-bond donors (Lipinski definition) is 1. The van der Waals surface area contributed by atoms with Crippen LogP contribution >= 0.6 is 0 Å². The molecule has 0 spiro atoms. The zero-order valence-electron chi connectivity index (χ0n) is 15.3. The fourth-order valence-electron chi connectivity index (χ4n) is 2.28. The van der Waals surface area contributed by atoms with Crippen molar-refractivity contribution in [2.45, 2.75) is 39.2 Å². The van der Waals surface area contributed by atoms with Crippen molar-refractivity contribution in [2.24, 2.45) is 0 Å². The molecular formula is C18H25NO6. The second-order valence-electron chi connectivity index (χ2n) is 6.37. The summed E-state index contributed by atoms with van der Waals surface area (Å²) in [5.74, 6) is -0.898. The average Bonchev–Trinajstić information content (AvgIpc) is 2.53. The number of rotatable bonds is 9. The molecule has 138 valence electrons. The number of methoxy groups -OCH3 is 1. The molecule has 0 unspecified atom stereocenters. The summed E-state index contributed by atoms with van der Waals surface area (Å²) in [5.41, 5.74) is 0.604. The number of hydrogen-bond acceptors (Lipinski definition) is 6. The number of esters is 1. The van der Waals surface area contributed by atoms with E-state index in [9.17, 15) is 14.4 Å². The molecule has 0 atom stereocenters. The third-order valence-corrected chi connectivity index (χ3v) is 3.66. The lowest BCUT2D eigenvalue weighted by atomic mass is 10.1. The molecule has 1 rings (SSSR count). The maximum atomic E-state index is 11.9. The number of aryl methyl sites for hydroxylation is 1. The van der Waals surface area contributed by atoms with Gasteiger partial charge in [0.25, 0.3) is 0 Å². The number of carbonyl (C=O) groups excluding carboxylic acids is 2. The number of benzene rings is 1. The molecule has 0 aliphatic rings. The van der Waals surface area contributed by atoms with E-state index in [0.29, 0.717) is 41.8 Å². The van der Waals surface area contributed by atoms with E-state index in [1.807, 2.05) is 0 Å². The number of carbonyl (C=O) groups is 3. The standard InChI is InChI=1S/C18H25NO6/c1-12-9-15(25-18(2,3)11-20)14(10-13(12)17(23)24-5)19(4)8-6-7-16(21)22/h9-11H,6-8H2,1-5H3,(H,21,22). The van der Waals surface area contributed by atoms with Gasteiger partial charge in [0.05, 0.1) is 18.4 Å². The number of carboxylic acid groups (broad SMARTS) is 1. The van der Waals surface area contributed by atoms with Crippen LogP contribution in [0.3, 0.4) is 0 Å². The van der Waals surface area contributed by atoms with Crippen LogP contribution in [-0.4, -0.2) is 49.6 Å². The molecule has 7 nitrogen and oxygen atoms in total. The highest BCUT2D eigenvalue weighted by Crippen LogP contribution is 2.34. The minimum Gasteiger partial charge on any atom is -0.481 e. The van der Waals surface area contributed by atoms with Crippen LogP contribution in [-0.2, 0) is 14.3 Å². The van der Waals surface area contributed by atoms with E-state index in [4.69, 9.17) is 14.6 Å². The molecule has 25 heavy (non-hydrogen) atoms. The minimum atomic E-state index is -1.03. The summed E-state index contributed by atoms with van der Waals surface area (Å²) < 4.78 is 10.6. The van der Waals surface area contributed by atoms with Gasteiger partial charge in [0.1, 0.15) is 5.75 Å². The summed E-state index contributed by atoms with van der Waals surface area (Å²) >= 11 is 0. The molecule has 0 fully saturated rings. The van der Waals surface area contributed by atoms with Gasteiger partial charge in [-0.3, -0.25) is 9.59 Å². The molecule has 0 saturated heterocycles. The van der Waals surface area contributed by atoms with E-state index in [2.05, 4.69) is 0 Å². The first-order valence-corrected chi connectivity index (χ1v) is 7.92. The van der Waals surface area contributed by atoms with Gasteiger partial charge in [0.2, 0.25) is 0 Å². The first-order valence-electron chi connectivity index (χ1n) is 7.92. The molecule has 1 N–H and O–H groups in total. The molecule has 0 aromatic heterocycles. The second-order valence-corrected chi connectivity index (χ2v) is 6.37. The summed E-state index contributed by atoms with van der Waals surface area (Å²) in [6.07, 6.45) is 1.17. The van der Waals surface area contributed by atoms with Crippen LogP contribution in [0.4, 0.5) is 5.69 Å². The molecule has 0 amide bonds. The predicted molar refractivity (Wildman–Crippen MR) is 93.4 cm³/mol. The Morgan fingerprint density at radius 1 is 1.32 bits per heavy atom. The van der Waals surface area contributed by atoms with Crippen LogP contribution in [0.2, 0.25) is 0 Å². The lowest BCUT2D eigenvalue weighted by Crippen LogP contribution is -2.31. The molecule has 1 aromatic rings. The highest BCUT2D eigenvalue weighted by molar-refractivity contribution is 5.93. The van der Waals surface area contributed by atoms with Crippen LogP contribution in [0.15, 0.2) is 12.1 Å². The van der Waals surface area contributed by atoms with Gasteiger partial charge in [-0.2, -0.15) is 0 Å². The number of carboxylic acids is 1. The molecule has 0 bridgehead atoms. The summed E-state index contributed by atoms with van der Waals surface area (Å²) in [6.45, 7) is 5.48. The quantitative estimate of drug-likeness (QED) is 0.539. The Morgan fingerprint density at radius 3 is 2.48 bits per heavy atom. The largest absolute Gasteiger partial charge is 0.481 e. The topological polar surface area (TPSA) is 93.1 Å². The van der Waals surface area contributed by atoms with Crippen molar-refractivity contribution in [2.75, 3.05) is 25.6 Å². The van der Waals surface area contributed by atoms with E-state index < -0.39 is 17.5 Å². The SMILES string of the molecule is COC(=O)c1cc(N(C)CCCC(=O)O)c(OC(C)(C)C=O)cc1C. The van der Waals surface area contributed by atoms with Crippen molar-refractivity contribution in [3.05, 3.63) is 23.3 Å². The van der Waals surface area contributed by atoms with Gasteiger partial charge in [-0.25, -0.2) is 4.79 Å². The third-order valence-electron chi connectivity index (χ3n) is 3.66. The van der Waals surface area contributed by atoms with Gasteiger partial charge in [0, 0.05) is 20.0 Å². The molecule has 1 aromatic carbocycles. The monoisotopic (exact) mass is 351 g/mol. The Kier molecular flexibility index (Phi) is 6.97. The van der Waals surface area contributed by atoms with E-state index in [1.165, 1.54) is 7.11 Å². The molecule has 0 heterocycles. The van der Waals surface area contributed by atoms with Crippen LogP contribution in [0.5, 0.6) is 5.75 Å². The lowest BCUT2D eigenvalue weighted by molar-refractivity contribution is -0.137. The van der Waals surface area contributed by atoms with Crippen molar-refractivity contribution in [1.82, 2.24) is 0 Å². The zero-order valence-corrected chi connectivity index (χ0v) is 15.3. The second kappa shape index (κ2) is 8.50. The van der Waals surface area contributed by atoms with Crippen LogP contribution < -0.4 is 9.64 Å². The number of ether oxygens (including phenoxy) is 2. The summed E-state index contributed by atoms with van der Waals surface area (Å²) in [7, 11) is 3.08. The Morgan fingerprint density at radius 2 is 1.96 bits per heavy atom. The maximum Gasteiger partial charge on any atom is 0.338 e. The fraction of sp³-hybridized carbons (Fsp3) is 0.500. The van der Waals surface area contributed by atoms with Gasteiger partial charge in [-0.05, 0) is 44.9 Å². The Bertz CT molecular complexity index is 653. The molecule has 0 radical (unpaired) electrons. The van der Waals surface area contributed by atoms with Gasteiger partial charge in [-0.1, -0.05) is 0 Å². The van der Waals surface area contributed by atoms with Crippen LogP contribution in [0.1, 0.15) is 42.6 Å². The summed E-state index contributed by atoms with van der Waals surface area (Å²) in [4.78, 5) is 35.6. The predicted octanol–water partition coefficient (Wildman–Crippen LogP) is 2.44. The maximum absolute atomic E-state index is 11.9. The Balaban J connectivity index is 3.24.